The first-order chi connectivity index (χ1) is 63.6. The van der Waals surface area contributed by atoms with Gasteiger partial charge in [-0.25, -0.2) is 14.8 Å². The number of carboxylic acid groups (broad SMARTS) is 1. The molecule has 5 heterocycles. The Balaban J connectivity index is 0.000000153. The van der Waals surface area contributed by atoms with Gasteiger partial charge in [-0.1, -0.05) is 153 Å². The Morgan fingerprint density at radius 3 is 0.962 bits per heavy atom. The maximum atomic E-state index is 14.0. The number of imidazole rings is 2. The zero-order valence-corrected chi connectivity index (χ0v) is 78.8. The third kappa shape index (κ3) is 21.2. The molecule has 24 atom stereocenters. The Morgan fingerprint density at radius 1 is 0.414 bits per heavy atom. The molecule has 12 aliphatic rings. The van der Waals surface area contributed by atoms with E-state index in [2.05, 4.69) is 98.9 Å². The predicted octanol–water partition coefficient (Wildman–Crippen LogP) is 11.8. The molecule has 28 nitrogen and oxygen atoms in total. The van der Waals surface area contributed by atoms with Crippen molar-refractivity contribution in [2.45, 2.75) is 240 Å². The molecule has 9 saturated carbocycles. The molecule has 9 aliphatic carbocycles. The second-order valence-electron chi connectivity index (χ2n) is 41.2. The van der Waals surface area contributed by atoms with Gasteiger partial charge >= 0.3 is 5.97 Å². The number of aromatic carboxylic acids is 1. The van der Waals surface area contributed by atoms with Gasteiger partial charge in [0.15, 0.2) is 0 Å². The first-order valence-corrected chi connectivity index (χ1v) is 48.0. The second-order valence-corrected chi connectivity index (χ2v) is 41.2. The zero-order valence-electron chi connectivity index (χ0n) is 78.8. The number of hydrogen-bond donors (Lipinski definition) is 12. The van der Waals surface area contributed by atoms with E-state index in [9.17, 15) is 64.5 Å². The molecule has 3 saturated heterocycles. The third-order valence-electron chi connectivity index (χ3n) is 32.2. The van der Waals surface area contributed by atoms with Crippen molar-refractivity contribution >= 4 is 35.5 Å². The Kier molecular flexibility index (Phi) is 30.6. The first kappa shape index (κ1) is 97.6. The Morgan fingerprint density at radius 2 is 0.699 bits per heavy atom. The lowest BCUT2D eigenvalue weighted by molar-refractivity contribution is -0.183. The fraction of sp³-hybridized carbons (Fsp3) is 0.543. The molecule has 2 aromatic heterocycles. The molecular formula is C105H138N12O16. The summed E-state index contributed by atoms with van der Waals surface area (Å²) in [6.45, 7) is 28.3. The summed E-state index contributed by atoms with van der Waals surface area (Å²) < 4.78 is 3.96. The standard InChI is InChI=1S/2C37H49N5O5.C31H40N2O6/c2*1-23-30-18-29(37(30,3)4)19-31(23)40-36(46)34-33(24(2)44)32(21-43)47-42(34)20-25-8-5-9-26(16-25)27-10-6-11-28(17-27)35(45)39-12-7-14-41-15-13-38-22-41;1-17-24-13-23(31(24,3)4)14-25(17)32-29(36)28-27(18(2)35)26(16-34)39-33(28)15-19-7-5-8-20(11-19)21-9-6-10-22(12-21)30(37)38/h2*5-6,8-11,13,15-17,22-24,29-34,43-44H,7,12,14,18-21H2,1-4H3,(H,39,45)(H,40,46);5-12,17-18,23-28,34-35H,13-16H2,1-4H3,(H,32,36)(H,37,38)/t2*23-,24-,29+,30-,31-,32-,33+,34-;17-,18-,23+,24-,25-,26-,27+,28-/m000/s1. The van der Waals surface area contributed by atoms with Crippen LogP contribution in [-0.2, 0) is 61.6 Å². The molecule has 20 rings (SSSR count). The zero-order chi connectivity index (χ0) is 94.6. The fourth-order valence-electron chi connectivity index (χ4n) is 24.0. The van der Waals surface area contributed by atoms with Crippen molar-refractivity contribution in [1.29, 1.82) is 0 Å². The van der Waals surface area contributed by atoms with Crippen LogP contribution in [0.1, 0.15) is 182 Å². The number of aliphatic hydroxyl groups excluding tert-OH is 6. The summed E-state index contributed by atoms with van der Waals surface area (Å²) >= 11 is 0. The van der Waals surface area contributed by atoms with Gasteiger partial charge in [0.1, 0.15) is 36.4 Å². The number of nitrogens with one attached hydrogen (secondary N) is 5. The molecule has 0 unspecified atom stereocenters. The first-order valence-electron chi connectivity index (χ1n) is 48.0. The van der Waals surface area contributed by atoms with E-state index in [1.54, 1.807) is 79.2 Å². The van der Waals surface area contributed by atoms with Gasteiger partial charge in [-0.15, -0.1) is 0 Å². The van der Waals surface area contributed by atoms with Crippen molar-refractivity contribution in [3.05, 3.63) is 216 Å². The highest BCUT2D eigenvalue weighted by molar-refractivity contribution is 5.96. The minimum absolute atomic E-state index is 0.0730. The number of rotatable bonds is 32. The Bertz CT molecular complexity index is 5110. The van der Waals surface area contributed by atoms with E-state index in [0.717, 1.165) is 95.3 Å². The van der Waals surface area contributed by atoms with Gasteiger partial charge < -0.3 is 71.5 Å². The number of aryl methyl sites for hydroxylation is 2. The van der Waals surface area contributed by atoms with Gasteiger partial charge in [-0.3, -0.25) is 38.5 Å². The molecule has 6 aromatic carbocycles. The lowest BCUT2D eigenvalue weighted by Crippen LogP contribution is -2.62. The van der Waals surface area contributed by atoms with E-state index in [1.165, 1.54) is 19.3 Å². The molecule has 8 aromatic rings. The number of carbonyl (C=O) groups is 6. The largest absolute Gasteiger partial charge is 0.478 e. The summed E-state index contributed by atoms with van der Waals surface area (Å²) in [5.74, 6) is 1.15. The van der Waals surface area contributed by atoms with Crippen LogP contribution in [0.25, 0.3) is 33.4 Å². The summed E-state index contributed by atoms with van der Waals surface area (Å²) in [4.78, 5) is 106. The number of hydroxylamine groups is 6. The van der Waals surface area contributed by atoms with Crippen molar-refractivity contribution in [3.63, 3.8) is 0 Å². The number of carbonyl (C=O) groups excluding carboxylic acids is 5. The predicted molar refractivity (Wildman–Crippen MR) is 504 cm³/mol. The second kappa shape index (κ2) is 41.7. The number of carboxylic acids is 1. The van der Waals surface area contributed by atoms with Gasteiger partial charge in [0.25, 0.3) is 11.8 Å². The van der Waals surface area contributed by atoms with Crippen molar-refractivity contribution in [3.8, 4) is 33.4 Å². The quantitative estimate of drug-likeness (QED) is 0.0174. The summed E-state index contributed by atoms with van der Waals surface area (Å²) in [6, 6.07) is 43.4. The van der Waals surface area contributed by atoms with Crippen LogP contribution in [0.2, 0.25) is 0 Å². The maximum absolute atomic E-state index is 14.0. The summed E-state index contributed by atoms with van der Waals surface area (Å²) in [6.07, 6.45) is 14.3. The van der Waals surface area contributed by atoms with E-state index in [4.69, 9.17) is 14.5 Å². The number of aromatic nitrogens is 4. The maximum Gasteiger partial charge on any atom is 0.335 e. The van der Waals surface area contributed by atoms with Gasteiger partial charge in [0.2, 0.25) is 17.7 Å². The SMILES string of the molecule is C[C@@H]1[C@@H](NC(=O)[C@@H]2[C@H]([C@H](C)O)[C@H](CO)ON2Cc2cccc(-c3cccc(C(=O)NCCCn4ccnc4)c3)c2)C[C@H]2C[C@@H]1C2(C)C.C[C@@H]1[C@@H](NC(=O)[C@@H]2[C@H]([C@H](C)O)[C@H](CO)ON2Cc2cccc(-c3cccc(C(=O)NCCCn4ccnc4)c3)c2)C[C@H]2C[C@@H]1C2(C)C.C[C@@H]1[C@@H](NC(=O)[C@@H]2[C@H]([C@H](C)O)[C@H](CO)ON2Cc2cccc(-c3cccc(C(=O)O)c3)c2)C[C@H]2C[C@@H]1C2(C)C. The summed E-state index contributed by atoms with van der Waals surface area (Å²) in [5.41, 5.74) is 10.3. The Hall–Kier alpha value is -9.92. The van der Waals surface area contributed by atoms with E-state index < -0.39 is 78.5 Å². The van der Waals surface area contributed by atoms with Gasteiger partial charge in [-0.05, 0) is 246 Å². The molecule has 714 valence electrons. The van der Waals surface area contributed by atoms with Crippen LogP contribution in [0.5, 0.6) is 0 Å². The van der Waals surface area contributed by atoms with Crippen LogP contribution in [0.4, 0.5) is 0 Å². The molecule has 12 N–H and O–H groups in total. The smallest absolute Gasteiger partial charge is 0.335 e. The lowest BCUT2D eigenvalue weighted by Gasteiger charge is -2.62. The molecule has 3 aliphatic heterocycles. The summed E-state index contributed by atoms with van der Waals surface area (Å²) in [7, 11) is 0. The van der Waals surface area contributed by atoms with Gasteiger partial charge in [-0.2, -0.15) is 15.2 Å². The summed E-state index contributed by atoms with van der Waals surface area (Å²) in [5, 5.41) is 92.8. The highest BCUT2D eigenvalue weighted by Crippen LogP contribution is 2.64. The van der Waals surface area contributed by atoms with Crippen LogP contribution in [0.3, 0.4) is 0 Å². The molecular weight excluding hydrogens is 1690 g/mol. The average Bonchev–Trinajstić information content (AvgIpc) is 1.47. The molecule has 12 fully saturated rings. The van der Waals surface area contributed by atoms with Crippen LogP contribution in [0, 0.1) is 87.3 Å². The van der Waals surface area contributed by atoms with Crippen LogP contribution < -0.4 is 26.6 Å². The molecule has 28 heteroatoms. The normalized spacial score (nSPS) is 29.8. The minimum Gasteiger partial charge on any atom is -0.478 e. The van der Waals surface area contributed by atoms with E-state index in [1.807, 2.05) is 149 Å². The number of amides is 5. The van der Waals surface area contributed by atoms with E-state index in [-0.39, 0.29) is 79.6 Å². The minimum atomic E-state index is -0.986. The van der Waals surface area contributed by atoms with E-state index in [0.29, 0.717) is 107 Å². The highest BCUT2D eigenvalue weighted by atomic mass is 16.7. The third-order valence-corrected chi connectivity index (χ3v) is 32.2. The van der Waals surface area contributed by atoms with Crippen molar-refractivity contribution in [1.82, 2.24) is 60.9 Å². The number of nitrogens with zero attached hydrogens (tertiary/aromatic N) is 7. The van der Waals surface area contributed by atoms with Crippen molar-refractivity contribution < 1.29 is 79.0 Å². The van der Waals surface area contributed by atoms with Crippen LogP contribution >= 0.6 is 0 Å². The van der Waals surface area contributed by atoms with Gasteiger partial charge in [0, 0.05) is 98.0 Å². The molecule has 0 spiro atoms. The Labute approximate surface area is 781 Å². The lowest BCUT2D eigenvalue weighted by atomic mass is 9.45. The van der Waals surface area contributed by atoms with Crippen molar-refractivity contribution in [2.24, 2.45) is 87.3 Å². The average molecular weight is 1820 g/mol. The molecule has 6 bridgehead atoms. The number of aliphatic hydroxyl groups is 6. The number of hydrogen-bond acceptors (Lipinski definition) is 20. The number of fused-ring (bicyclic) bond motifs is 6. The molecule has 0 radical (unpaired) electrons. The topological polar surface area (TPSA) is 377 Å². The van der Waals surface area contributed by atoms with E-state index >= 15 is 0 Å². The van der Waals surface area contributed by atoms with Crippen LogP contribution in [0.15, 0.2) is 183 Å². The monoisotopic (exact) mass is 1820 g/mol. The molecule has 133 heavy (non-hydrogen) atoms. The highest BCUT2D eigenvalue weighted by Gasteiger charge is 2.61. The fourth-order valence-corrected chi connectivity index (χ4v) is 24.0. The van der Waals surface area contributed by atoms with Gasteiger partial charge in [0.05, 0.1) is 76.0 Å². The van der Waals surface area contributed by atoms with Crippen molar-refractivity contribution in [2.75, 3.05) is 32.9 Å². The molecule has 5 amide bonds. The van der Waals surface area contributed by atoms with Crippen LogP contribution in [-0.4, -0.2) is 211 Å². The number of benzene rings is 6.